The first-order valence-corrected chi connectivity index (χ1v) is 7.58. The molecule has 0 saturated heterocycles. The standard InChI is InChI=1S/C19H24O4/c1-12-8-15(19(20)18(9-12)23-5)13(2)10-14-6-7-16(21-3)17(11-14)22-4/h6-9,11,13,20H,10H2,1-5H3. The van der Waals surface area contributed by atoms with Crippen molar-refractivity contribution in [1.82, 2.24) is 0 Å². The summed E-state index contributed by atoms with van der Waals surface area (Å²) < 4.78 is 15.9. The molecule has 0 aliphatic rings. The molecule has 23 heavy (non-hydrogen) atoms. The van der Waals surface area contributed by atoms with Crippen LogP contribution in [-0.2, 0) is 6.42 Å². The average molecular weight is 316 g/mol. The molecule has 4 nitrogen and oxygen atoms in total. The molecular formula is C19H24O4. The Balaban J connectivity index is 2.29. The van der Waals surface area contributed by atoms with E-state index in [1.165, 1.54) is 0 Å². The lowest BCUT2D eigenvalue weighted by molar-refractivity contribution is 0.354. The minimum absolute atomic E-state index is 0.141. The van der Waals surface area contributed by atoms with Gasteiger partial charge in [0.05, 0.1) is 21.3 Å². The van der Waals surface area contributed by atoms with E-state index in [-0.39, 0.29) is 11.7 Å². The van der Waals surface area contributed by atoms with Crippen molar-refractivity contribution in [3.63, 3.8) is 0 Å². The Labute approximate surface area is 137 Å². The van der Waals surface area contributed by atoms with E-state index in [4.69, 9.17) is 14.2 Å². The zero-order valence-corrected chi connectivity index (χ0v) is 14.3. The van der Waals surface area contributed by atoms with Gasteiger partial charge in [-0.05, 0) is 48.6 Å². The summed E-state index contributed by atoms with van der Waals surface area (Å²) in [6.07, 6.45) is 0.778. The molecule has 0 spiro atoms. The zero-order valence-electron chi connectivity index (χ0n) is 14.3. The average Bonchev–Trinajstić information content (AvgIpc) is 2.56. The lowest BCUT2D eigenvalue weighted by Gasteiger charge is -2.17. The highest BCUT2D eigenvalue weighted by molar-refractivity contribution is 5.50. The third kappa shape index (κ3) is 3.70. The third-order valence-electron chi connectivity index (χ3n) is 3.99. The Hall–Kier alpha value is -2.36. The molecule has 0 saturated carbocycles. The Morgan fingerprint density at radius 2 is 1.57 bits per heavy atom. The lowest BCUT2D eigenvalue weighted by Crippen LogP contribution is -2.02. The van der Waals surface area contributed by atoms with Gasteiger partial charge >= 0.3 is 0 Å². The van der Waals surface area contributed by atoms with Crippen molar-refractivity contribution in [2.75, 3.05) is 21.3 Å². The van der Waals surface area contributed by atoms with Crippen molar-refractivity contribution >= 4 is 0 Å². The number of benzene rings is 2. The van der Waals surface area contributed by atoms with Crippen LogP contribution in [0.2, 0.25) is 0 Å². The SMILES string of the molecule is COc1ccc(CC(C)c2cc(C)cc(OC)c2O)cc1OC. The maximum atomic E-state index is 10.4. The molecule has 0 aromatic heterocycles. The summed E-state index contributed by atoms with van der Waals surface area (Å²) in [6, 6.07) is 9.73. The van der Waals surface area contributed by atoms with Gasteiger partial charge in [0.15, 0.2) is 23.0 Å². The van der Waals surface area contributed by atoms with Gasteiger partial charge in [-0.15, -0.1) is 0 Å². The van der Waals surface area contributed by atoms with Crippen molar-refractivity contribution in [2.45, 2.75) is 26.2 Å². The van der Waals surface area contributed by atoms with Gasteiger partial charge in [-0.3, -0.25) is 0 Å². The van der Waals surface area contributed by atoms with E-state index in [0.717, 1.165) is 23.1 Å². The molecule has 0 aliphatic carbocycles. The van der Waals surface area contributed by atoms with Crippen LogP contribution >= 0.6 is 0 Å². The predicted molar refractivity (Wildman–Crippen MR) is 91.1 cm³/mol. The predicted octanol–water partition coefficient (Wildman–Crippen LogP) is 4.07. The van der Waals surface area contributed by atoms with Gasteiger partial charge in [0.1, 0.15) is 0 Å². The Bertz CT molecular complexity index is 679. The fourth-order valence-electron chi connectivity index (χ4n) is 2.78. The van der Waals surface area contributed by atoms with E-state index in [1.54, 1.807) is 21.3 Å². The summed E-state index contributed by atoms with van der Waals surface area (Å²) in [4.78, 5) is 0. The molecule has 0 amide bonds. The lowest BCUT2D eigenvalue weighted by atomic mass is 9.91. The van der Waals surface area contributed by atoms with Crippen LogP contribution in [0.4, 0.5) is 0 Å². The highest BCUT2D eigenvalue weighted by Crippen LogP contribution is 2.38. The van der Waals surface area contributed by atoms with E-state index >= 15 is 0 Å². The largest absolute Gasteiger partial charge is 0.504 e. The number of aryl methyl sites for hydroxylation is 1. The number of aromatic hydroxyl groups is 1. The van der Waals surface area contributed by atoms with Crippen molar-refractivity contribution in [3.8, 4) is 23.0 Å². The molecule has 2 aromatic carbocycles. The number of phenols is 1. The zero-order chi connectivity index (χ0) is 17.0. The highest BCUT2D eigenvalue weighted by atomic mass is 16.5. The Morgan fingerprint density at radius 1 is 0.913 bits per heavy atom. The molecule has 4 heteroatoms. The Morgan fingerprint density at radius 3 is 2.17 bits per heavy atom. The van der Waals surface area contributed by atoms with E-state index in [2.05, 4.69) is 6.92 Å². The first-order chi connectivity index (χ1) is 11.0. The van der Waals surface area contributed by atoms with Gasteiger partial charge in [-0.1, -0.05) is 19.1 Å². The van der Waals surface area contributed by atoms with Crippen molar-refractivity contribution < 1.29 is 19.3 Å². The summed E-state index contributed by atoms with van der Waals surface area (Å²) >= 11 is 0. The number of hydrogen-bond donors (Lipinski definition) is 1. The fraction of sp³-hybridized carbons (Fsp3) is 0.368. The molecule has 0 heterocycles. The number of rotatable bonds is 6. The summed E-state index contributed by atoms with van der Waals surface area (Å²) in [5.41, 5.74) is 3.07. The first-order valence-electron chi connectivity index (χ1n) is 7.58. The molecular weight excluding hydrogens is 292 g/mol. The van der Waals surface area contributed by atoms with E-state index in [9.17, 15) is 5.11 Å². The van der Waals surface area contributed by atoms with Crippen LogP contribution in [0, 0.1) is 6.92 Å². The minimum atomic E-state index is 0.141. The van der Waals surface area contributed by atoms with Crippen LogP contribution in [0.1, 0.15) is 29.5 Å². The molecule has 0 bridgehead atoms. The van der Waals surface area contributed by atoms with Gasteiger partial charge in [0.25, 0.3) is 0 Å². The number of hydrogen-bond acceptors (Lipinski definition) is 4. The molecule has 2 rings (SSSR count). The normalized spacial score (nSPS) is 11.9. The van der Waals surface area contributed by atoms with E-state index in [1.807, 2.05) is 37.3 Å². The monoisotopic (exact) mass is 316 g/mol. The molecule has 1 atom stereocenters. The number of phenolic OH excluding ortho intramolecular Hbond substituents is 1. The second-order valence-corrected chi connectivity index (χ2v) is 5.70. The minimum Gasteiger partial charge on any atom is -0.504 e. The van der Waals surface area contributed by atoms with E-state index in [0.29, 0.717) is 17.2 Å². The maximum Gasteiger partial charge on any atom is 0.161 e. The fourth-order valence-corrected chi connectivity index (χ4v) is 2.78. The number of ether oxygens (including phenoxy) is 3. The van der Waals surface area contributed by atoms with Gasteiger partial charge in [0.2, 0.25) is 0 Å². The van der Waals surface area contributed by atoms with Crippen molar-refractivity contribution in [2.24, 2.45) is 0 Å². The summed E-state index contributed by atoms with van der Waals surface area (Å²) in [5, 5.41) is 10.4. The summed E-state index contributed by atoms with van der Waals surface area (Å²) in [6.45, 7) is 4.08. The summed E-state index contributed by atoms with van der Waals surface area (Å²) in [7, 11) is 4.82. The van der Waals surface area contributed by atoms with E-state index < -0.39 is 0 Å². The molecule has 1 unspecified atom stereocenters. The molecule has 0 fully saturated rings. The van der Waals surface area contributed by atoms with Crippen molar-refractivity contribution in [1.29, 1.82) is 0 Å². The van der Waals surface area contributed by atoms with Gasteiger partial charge in [-0.2, -0.15) is 0 Å². The first kappa shape index (κ1) is 17.0. The van der Waals surface area contributed by atoms with Gasteiger partial charge < -0.3 is 19.3 Å². The van der Waals surface area contributed by atoms with Crippen LogP contribution in [-0.4, -0.2) is 26.4 Å². The van der Waals surface area contributed by atoms with Crippen LogP contribution in [0.3, 0.4) is 0 Å². The topological polar surface area (TPSA) is 47.9 Å². The second-order valence-electron chi connectivity index (χ2n) is 5.70. The molecule has 2 aromatic rings. The van der Waals surface area contributed by atoms with Crippen LogP contribution in [0.25, 0.3) is 0 Å². The smallest absolute Gasteiger partial charge is 0.161 e. The molecule has 0 radical (unpaired) electrons. The second kappa shape index (κ2) is 7.27. The maximum absolute atomic E-state index is 10.4. The van der Waals surface area contributed by atoms with Gasteiger partial charge in [-0.25, -0.2) is 0 Å². The summed E-state index contributed by atoms with van der Waals surface area (Å²) in [5.74, 6) is 2.29. The van der Waals surface area contributed by atoms with Crippen LogP contribution in [0.15, 0.2) is 30.3 Å². The van der Waals surface area contributed by atoms with Crippen molar-refractivity contribution in [3.05, 3.63) is 47.0 Å². The van der Waals surface area contributed by atoms with Crippen LogP contribution in [0.5, 0.6) is 23.0 Å². The Kier molecular flexibility index (Phi) is 5.37. The molecule has 0 aliphatic heterocycles. The molecule has 124 valence electrons. The van der Waals surface area contributed by atoms with Gasteiger partial charge in [0, 0.05) is 5.56 Å². The number of methoxy groups -OCH3 is 3. The van der Waals surface area contributed by atoms with Crippen LogP contribution < -0.4 is 14.2 Å². The molecule has 1 N–H and O–H groups in total. The third-order valence-corrected chi connectivity index (χ3v) is 3.99. The quantitative estimate of drug-likeness (QED) is 0.872. The highest BCUT2D eigenvalue weighted by Gasteiger charge is 2.16.